The van der Waals surface area contributed by atoms with Crippen molar-refractivity contribution in [2.24, 2.45) is 5.92 Å². The van der Waals surface area contributed by atoms with Crippen LogP contribution in [0.1, 0.15) is 46.4 Å². The Morgan fingerprint density at radius 2 is 1.65 bits per heavy atom. The molecule has 0 unspecified atom stereocenters. The second-order valence-electron chi connectivity index (χ2n) is 9.68. The van der Waals surface area contributed by atoms with Crippen molar-refractivity contribution in [2.45, 2.75) is 25.7 Å². The molecule has 184 valence electrons. The predicted molar refractivity (Wildman–Crippen MR) is 146 cm³/mol. The van der Waals surface area contributed by atoms with Crippen LogP contribution in [0.15, 0.2) is 79.0 Å². The minimum Gasteiger partial charge on any atom is -0.339 e. The van der Waals surface area contributed by atoms with E-state index in [9.17, 15) is 9.59 Å². The van der Waals surface area contributed by atoms with Gasteiger partial charge in [0.2, 0.25) is 5.91 Å². The summed E-state index contributed by atoms with van der Waals surface area (Å²) < 4.78 is 0. The molecule has 2 aromatic heterocycles. The van der Waals surface area contributed by atoms with Crippen LogP contribution in [0.4, 0.5) is 5.82 Å². The topological polar surface area (TPSA) is 75.2 Å². The molecule has 0 atom stereocenters. The van der Waals surface area contributed by atoms with Crippen LogP contribution in [0.2, 0.25) is 0 Å². The highest BCUT2D eigenvalue weighted by molar-refractivity contribution is 6.09. The summed E-state index contributed by atoms with van der Waals surface area (Å²) >= 11 is 0. The van der Waals surface area contributed by atoms with Gasteiger partial charge in [0.15, 0.2) is 0 Å². The van der Waals surface area contributed by atoms with Gasteiger partial charge in [0.05, 0.1) is 16.8 Å². The van der Waals surface area contributed by atoms with Crippen molar-refractivity contribution in [3.8, 4) is 0 Å². The summed E-state index contributed by atoms with van der Waals surface area (Å²) in [6.45, 7) is 1.11. The Labute approximate surface area is 216 Å². The number of pyridine rings is 2. The van der Waals surface area contributed by atoms with Gasteiger partial charge >= 0.3 is 0 Å². The number of fused-ring (bicyclic) bond motifs is 2. The van der Waals surface area contributed by atoms with E-state index in [1.54, 1.807) is 12.3 Å². The summed E-state index contributed by atoms with van der Waals surface area (Å²) in [5, 5.41) is 3.81. The van der Waals surface area contributed by atoms with E-state index >= 15 is 0 Å². The second-order valence-corrected chi connectivity index (χ2v) is 9.68. The maximum atomic E-state index is 14.0. The van der Waals surface area contributed by atoms with Crippen molar-refractivity contribution < 1.29 is 9.59 Å². The van der Waals surface area contributed by atoms with E-state index in [-0.39, 0.29) is 17.7 Å². The highest BCUT2D eigenvalue weighted by Crippen LogP contribution is 2.38. The van der Waals surface area contributed by atoms with Crippen molar-refractivity contribution in [1.82, 2.24) is 14.9 Å². The zero-order chi connectivity index (χ0) is 25.2. The molecular formula is C31H28N4O2. The fraction of sp³-hybridized carbons (Fsp3) is 0.226. The van der Waals surface area contributed by atoms with E-state index in [0.717, 1.165) is 46.1 Å². The Kier molecular flexibility index (Phi) is 6.23. The number of allylic oxidation sites excluding steroid dienone is 1. The summed E-state index contributed by atoms with van der Waals surface area (Å²) in [7, 11) is 0. The first kappa shape index (κ1) is 23.1. The number of nitrogens with zero attached hydrogens (tertiary/aromatic N) is 3. The molecule has 1 fully saturated rings. The molecule has 2 aromatic carbocycles. The van der Waals surface area contributed by atoms with Gasteiger partial charge in [-0.15, -0.1) is 0 Å². The number of aromatic nitrogens is 2. The minimum atomic E-state index is -0.133. The van der Waals surface area contributed by atoms with Gasteiger partial charge in [0.1, 0.15) is 5.82 Å². The number of carbonyl (C=O) groups excluding carboxylic acids is 2. The number of anilines is 1. The third-order valence-corrected chi connectivity index (χ3v) is 7.37. The number of para-hydroxylation sites is 1. The van der Waals surface area contributed by atoms with Crippen LogP contribution in [-0.4, -0.2) is 39.8 Å². The lowest BCUT2D eigenvalue weighted by Gasteiger charge is -2.32. The Morgan fingerprint density at radius 1 is 0.892 bits per heavy atom. The summed E-state index contributed by atoms with van der Waals surface area (Å²) in [6.07, 6.45) is 6.78. The Hall–Kier alpha value is -4.32. The zero-order valence-corrected chi connectivity index (χ0v) is 20.6. The van der Waals surface area contributed by atoms with E-state index in [1.165, 1.54) is 5.57 Å². The summed E-state index contributed by atoms with van der Waals surface area (Å²) in [4.78, 5) is 37.8. The maximum Gasteiger partial charge on any atom is 0.254 e. The standard InChI is InChI=1S/C31H28N4O2/c36-30(34-27-12-6-7-17-32-27)22-15-18-35(19-16-22)31(37)28-24-10-4-5-11-26(24)33-29-23(13-14-25(28)29)20-21-8-2-1-3-9-21/h1-12,17,20,22H,13-16,18-19H2,(H,32,34,36)/b23-20-. The molecule has 1 saturated heterocycles. The Balaban J connectivity index is 1.26. The van der Waals surface area contributed by atoms with Gasteiger partial charge in [0.25, 0.3) is 5.91 Å². The van der Waals surface area contributed by atoms with Gasteiger partial charge in [-0.25, -0.2) is 9.97 Å². The molecule has 2 aliphatic rings. The molecular weight excluding hydrogens is 460 g/mol. The molecule has 0 radical (unpaired) electrons. The number of piperidine rings is 1. The van der Waals surface area contributed by atoms with E-state index in [1.807, 2.05) is 59.5 Å². The summed E-state index contributed by atoms with van der Waals surface area (Å²) in [5.41, 5.74) is 5.91. The molecule has 0 spiro atoms. The number of hydrogen-bond donors (Lipinski definition) is 1. The average molecular weight is 489 g/mol. The molecule has 0 bridgehead atoms. The van der Waals surface area contributed by atoms with E-state index in [4.69, 9.17) is 4.98 Å². The van der Waals surface area contributed by atoms with Gasteiger partial charge in [-0.2, -0.15) is 0 Å². The monoisotopic (exact) mass is 488 g/mol. The molecule has 6 rings (SSSR count). The maximum absolute atomic E-state index is 14.0. The molecule has 37 heavy (non-hydrogen) atoms. The van der Waals surface area contributed by atoms with Crippen molar-refractivity contribution in [3.63, 3.8) is 0 Å². The number of nitrogens with one attached hydrogen (secondary N) is 1. The smallest absolute Gasteiger partial charge is 0.254 e. The molecule has 6 nitrogen and oxygen atoms in total. The normalized spacial score (nSPS) is 16.6. The number of hydrogen-bond acceptors (Lipinski definition) is 4. The lowest BCUT2D eigenvalue weighted by Crippen LogP contribution is -2.42. The molecule has 1 N–H and O–H groups in total. The number of likely N-dealkylation sites (tertiary alicyclic amines) is 1. The fourth-order valence-electron chi connectivity index (χ4n) is 5.44. The van der Waals surface area contributed by atoms with Crippen LogP contribution in [-0.2, 0) is 11.2 Å². The summed E-state index contributed by atoms with van der Waals surface area (Å²) in [6, 6.07) is 23.6. The average Bonchev–Trinajstić information content (AvgIpc) is 3.34. The van der Waals surface area contributed by atoms with Crippen LogP contribution < -0.4 is 5.32 Å². The van der Waals surface area contributed by atoms with Crippen LogP contribution >= 0.6 is 0 Å². The van der Waals surface area contributed by atoms with E-state index < -0.39 is 0 Å². The second kappa shape index (κ2) is 9.97. The number of rotatable bonds is 4. The quantitative estimate of drug-likeness (QED) is 0.405. The minimum absolute atomic E-state index is 0.0308. The molecule has 1 aliphatic carbocycles. The molecule has 0 saturated carbocycles. The highest BCUT2D eigenvalue weighted by atomic mass is 16.2. The first-order valence-corrected chi connectivity index (χ1v) is 12.9. The van der Waals surface area contributed by atoms with Gasteiger partial charge in [-0.3, -0.25) is 9.59 Å². The van der Waals surface area contributed by atoms with Crippen LogP contribution in [0.3, 0.4) is 0 Å². The SMILES string of the molecule is O=C(Nc1ccccn1)C1CCN(C(=O)c2c3c(nc4ccccc24)/C(=C\c2ccccc2)CC3)CC1. The zero-order valence-electron chi connectivity index (χ0n) is 20.6. The first-order valence-electron chi connectivity index (χ1n) is 12.9. The van der Waals surface area contributed by atoms with Gasteiger partial charge in [-0.1, -0.05) is 54.6 Å². The van der Waals surface area contributed by atoms with Gasteiger partial charge in [-0.05, 0) is 66.7 Å². The van der Waals surface area contributed by atoms with Crippen molar-refractivity contribution in [2.75, 3.05) is 18.4 Å². The molecule has 6 heteroatoms. The lowest BCUT2D eigenvalue weighted by atomic mass is 9.94. The van der Waals surface area contributed by atoms with E-state index in [0.29, 0.717) is 31.7 Å². The van der Waals surface area contributed by atoms with Crippen molar-refractivity contribution in [3.05, 3.63) is 101 Å². The van der Waals surface area contributed by atoms with Crippen molar-refractivity contribution >= 4 is 40.2 Å². The fourth-order valence-corrected chi connectivity index (χ4v) is 5.44. The molecule has 2 amide bonds. The predicted octanol–water partition coefficient (Wildman–Crippen LogP) is 5.61. The Morgan fingerprint density at radius 3 is 2.43 bits per heavy atom. The lowest BCUT2D eigenvalue weighted by molar-refractivity contribution is -0.121. The van der Waals surface area contributed by atoms with Crippen LogP contribution in [0, 0.1) is 5.92 Å². The number of amides is 2. The third kappa shape index (κ3) is 4.62. The van der Waals surface area contributed by atoms with Gasteiger partial charge in [0, 0.05) is 30.6 Å². The first-order chi connectivity index (χ1) is 18.2. The highest BCUT2D eigenvalue weighted by Gasteiger charge is 2.32. The largest absolute Gasteiger partial charge is 0.339 e. The van der Waals surface area contributed by atoms with E-state index in [2.05, 4.69) is 28.5 Å². The van der Waals surface area contributed by atoms with Gasteiger partial charge < -0.3 is 10.2 Å². The molecule has 3 heterocycles. The van der Waals surface area contributed by atoms with Crippen LogP contribution in [0.5, 0.6) is 0 Å². The number of carbonyl (C=O) groups is 2. The number of benzene rings is 2. The Bertz CT molecular complexity index is 1490. The van der Waals surface area contributed by atoms with Crippen molar-refractivity contribution in [1.29, 1.82) is 0 Å². The third-order valence-electron chi connectivity index (χ3n) is 7.37. The summed E-state index contributed by atoms with van der Waals surface area (Å²) in [5.74, 6) is 0.437. The molecule has 1 aliphatic heterocycles. The molecule has 4 aromatic rings. The van der Waals surface area contributed by atoms with Crippen LogP contribution in [0.25, 0.3) is 22.6 Å².